The van der Waals surface area contributed by atoms with Gasteiger partial charge in [0.15, 0.2) is 0 Å². The van der Waals surface area contributed by atoms with Crippen molar-refractivity contribution in [2.75, 3.05) is 0 Å². The number of carbonyl (C=O) groups is 1. The number of hydrogen-bond donors (Lipinski definition) is 1. The van der Waals surface area contributed by atoms with Gasteiger partial charge in [-0.3, -0.25) is 4.79 Å². The van der Waals surface area contributed by atoms with Crippen molar-refractivity contribution in [2.24, 2.45) is 0 Å². The first-order valence-corrected chi connectivity index (χ1v) is 6.62. The molecule has 7 heteroatoms. The maximum atomic E-state index is 12.8. The molecule has 0 bridgehead atoms. The van der Waals surface area contributed by atoms with Gasteiger partial charge in [-0.05, 0) is 18.2 Å². The fourth-order valence-electron chi connectivity index (χ4n) is 1.33. The number of hydrogen-bond acceptors (Lipinski definition) is 2. The van der Waals surface area contributed by atoms with Gasteiger partial charge in [-0.25, -0.2) is 0 Å². The maximum absolute atomic E-state index is 12.8. The molecule has 100 valence electrons. The number of carboxylic acid groups (broad SMARTS) is 1. The molecule has 0 heterocycles. The second-order valence-corrected chi connectivity index (χ2v) is 6.06. The van der Waals surface area contributed by atoms with Gasteiger partial charge >= 0.3 is 12.1 Å². The number of alkyl halides is 3. The quantitative estimate of drug-likeness (QED) is 0.822. The van der Waals surface area contributed by atoms with Crippen LogP contribution in [0.4, 0.5) is 13.2 Å². The zero-order chi connectivity index (χ0) is 13.9. The molecule has 0 aliphatic carbocycles. The minimum Gasteiger partial charge on any atom is -0.481 e. The van der Waals surface area contributed by atoms with Gasteiger partial charge in [0.2, 0.25) is 0 Å². The van der Waals surface area contributed by atoms with Gasteiger partial charge in [-0.1, -0.05) is 22.9 Å². The van der Waals surface area contributed by atoms with Gasteiger partial charge in [-0.15, -0.1) is 11.8 Å². The first-order valence-electron chi connectivity index (χ1n) is 4.95. The number of rotatable bonds is 4. The van der Waals surface area contributed by atoms with Crippen molar-refractivity contribution in [3.8, 4) is 0 Å². The van der Waals surface area contributed by atoms with Crippen molar-refractivity contribution in [3.05, 3.63) is 28.2 Å². The molecule has 0 radical (unpaired) electrons. The van der Waals surface area contributed by atoms with Crippen LogP contribution in [0.25, 0.3) is 0 Å². The molecule has 0 saturated heterocycles. The molecule has 0 aliphatic heterocycles. The summed E-state index contributed by atoms with van der Waals surface area (Å²) in [4.78, 5) is 10.5. The van der Waals surface area contributed by atoms with E-state index >= 15 is 0 Å². The number of halogens is 4. The van der Waals surface area contributed by atoms with Crippen molar-refractivity contribution in [2.45, 2.75) is 29.7 Å². The SMILES string of the molecule is CC(CC(=O)O)Sc1ccc(Br)cc1C(F)(F)F. The highest BCUT2D eigenvalue weighted by atomic mass is 79.9. The molecule has 0 saturated carbocycles. The summed E-state index contributed by atoms with van der Waals surface area (Å²) in [7, 11) is 0. The average molecular weight is 343 g/mol. The summed E-state index contributed by atoms with van der Waals surface area (Å²) < 4.78 is 38.7. The highest BCUT2D eigenvalue weighted by Gasteiger charge is 2.34. The standard InChI is InChI=1S/C11H10BrF3O2S/c1-6(4-10(16)17)18-9-3-2-7(12)5-8(9)11(13,14)15/h2-3,5-6H,4H2,1H3,(H,16,17). The van der Waals surface area contributed by atoms with Crippen LogP contribution >= 0.6 is 27.7 Å². The van der Waals surface area contributed by atoms with Crippen molar-refractivity contribution >= 4 is 33.7 Å². The van der Waals surface area contributed by atoms with Crippen LogP contribution in [0.2, 0.25) is 0 Å². The summed E-state index contributed by atoms with van der Waals surface area (Å²) in [6.45, 7) is 1.58. The summed E-state index contributed by atoms with van der Waals surface area (Å²) >= 11 is 3.90. The van der Waals surface area contributed by atoms with E-state index in [2.05, 4.69) is 15.9 Å². The Bertz CT molecular complexity index is 448. The van der Waals surface area contributed by atoms with E-state index in [0.717, 1.165) is 17.8 Å². The number of benzene rings is 1. The minimum absolute atomic E-state index is 0.0412. The summed E-state index contributed by atoms with van der Waals surface area (Å²) in [5.74, 6) is -1.03. The average Bonchev–Trinajstić information content (AvgIpc) is 2.17. The van der Waals surface area contributed by atoms with Gasteiger partial charge < -0.3 is 5.11 Å². The van der Waals surface area contributed by atoms with Gasteiger partial charge in [0.05, 0.1) is 12.0 Å². The first-order chi connectivity index (χ1) is 8.20. The number of carboxylic acids is 1. The Morgan fingerprint density at radius 3 is 2.61 bits per heavy atom. The van der Waals surface area contributed by atoms with Crippen LogP contribution in [-0.2, 0) is 11.0 Å². The Balaban J connectivity index is 2.98. The lowest BCUT2D eigenvalue weighted by Crippen LogP contribution is -2.10. The Morgan fingerprint density at radius 1 is 1.50 bits per heavy atom. The lowest BCUT2D eigenvalue weighted by Gasteiger charge is -2.15. The van der Waals surface area contributed by atoms with E-state index in [1.165, 1.54) is 12.1 Å². The summed E-state index contributed by atoms with van der Waals surface area (Å²) in [5, 5.41) is 8.17. The Morgan fingerprint density at radius 2 is 2.11 bits per heavy atom. The van der Waals surface area contributed by atoms with E-state index < -0.39 is 23.0 Å². The van der Waals surface area contributed by atoms with E-state index in [-0.39, 0.29) is 11.3 Å². The predicted molar refractivity (Wildman–Crippen MR) is 66.7 cm³/mol. The number of thioether (sulfide) groups is 1. The van der Waals surface area contributed by atoms with Crippen molar-refractivity contribution < 1.29 is 23.1 Å². The zero-order valence-corrected chi connectivity index (χ0v) is 11.7. The Kier molecular flexibility index (Phi) is 5.10. The van der Waals surface area contributed by atoms with Crippen molar-refractivity contribution in [1.82, 2.24) is 0 Å². The molecule has 0 aromatic heterocycles. The van der Waals surface area contributed by atoms with Crippen LogP contribution in [0.1, 0.15) is 18.9 Å². The third-order valence-electron chi connectivity index (χ3n) is 2.04. The van der Waals surface area contributed by atoms with Crippen LogP contribution in [0.15, 0.2) is 27.6 Å². The normalized spacial score (nSPS) is 13.4. The van der Waals surface area contributed by atoms with Crippen LogP contribution in [-0.4, -0.2) is 16.3 Å². The predicted octanol–water partition coefficient (Wildman–Crippen LogP) is 4.42. The Labute approximate surface area is 115 Å². The minimum atomic E-state index is -4.45. The molecular formula is C11H10BrF3O2S. The van der Waals surface area contributed by atoms with E-state index in [1.54, 1.807) is 6.92 Å². The van der Waals surface area contributed by atoms with Gasteiger partial charge in [0, 0.05) is 14.6 Å². The third-order valence-corrected chi connectivity index (χ3v) is 3.71. The van der Waals surface area contributed by atoms with E-state index in [0.29, 0.717) is 4.47 Å². The molecule has 0 amide bonds. The lowest BCUT2D eigenvalue weighted by atomic mass is 10.2. The van der Waals surface area contributed by atoms with Crippen molar-refractivity contribution in [1.29, 1.82) is 0 Å². The van der Waals surface area contributed by atoms with E-state index in [4.69, 9.17) is 5.11 Å². The van der Waals surface area contributed by atoms with Crippen molar-refractivity contribution in [3.63, 3.8) is 0 Å². The highest BCUT2D eigenvalue weighted by Crippen LogP contribution is 2.39. The molecule has 0 spiro atoms. The summed E-state index contributed by atoms with van der Waals surface area (Å²) in [5.41, 5.74) is -0.751. The van der Waals surface area contributed by atoms with Gasteiger partial charge in [0.1, 0.15) is 0 Å². The van der Waals surface area contributed by atoms with Crippen LogP contribution in [0.3, 0.4) is 0 Å². The molecule has 1 rings (SSSR count). The topological polar surface area (TPSA) is 37.3 Å². The molecule has 1 aromatic carbocycles. The van der Waals surface area contributed by atoms with Crippen LogP contribution in [0.5, 0.6) is 0 Å². The van der Waals surface area contributed by atoms with Crippen LogP contribution in [0, 0.1) is 0 Å². The molecule has 1 aromatic rings. The molecule has 0 fully saturated rings. The highest BCUT2D eigenvalue weighted by molar-refractivity contribution is 9.10. The molecule has 2 nitrogen and oxygen atoms in total. The summed E-state index contributed by atoms with van der Waals surface area (Å²) in [6.07, 6.45) is -4.63. The molecule has 1 atom stereocenters. The Hall–Kier alpha value is -0.690. The molecular weight excluding hydrogens is 333 g/mol. The smallest absolute Gasteiger partial charge is 0.417 e. The second kappa shape index (κ2) is 5.97. The summed E-state index contributed by atoms with van der Waals surface area (Å²) in [6, 6.07) is 3.84. The molecule has 0 aliphatic rings. The molecule has 1 N–H and O–H groups in total. The molecule has 1 unspecified atom stereocenters. The maximum Gasteiger partial charge on any atom is 0.417 e. The van der Waals surface area contributed by atoms with Gasteiger partial charge in [-0.2, -0.15) is 13.2 Å². The van der Waals surface area contributed by atoms with E-state index in [9.17, 15) is 18.0 Å². The van der Waals surface area contributed by atoms with E-state index in [1.807, 2.05) is 0 Å². The van der Waals surface area contributed by atoms with Crippen LogP contribution < -0.4 is 0 Å². The fraction of sp³-hybridized carbons (Fsp3) is 0.364. The lowest BCUT2D eigenvalue weighted by molar-refractivity contribution is -0.139. The largest absolute Gasteiger partial charge is 0.481 e. The van der Waals surface area contributed by atoms with Gasteiger partial charge in [0.25, 0.3) is 0 Å². The molecule has 18 heavy (non-hydrogen) atoms. The first kappa shape index (κ1) is 15.4. The fourth-order valence-corrected chi connectivity index (χ4v) is 2.80. The third kappa shape index (κ3) is 4.53. The second-order valence-electron chi connectivity index (χ2n) is 3.66. The number of aliphatic carboxylic acids is 1. The monoisotopic (exact) mass is 342 g/mol. The zero-order valence-electron chi connectivity index (χ0n) is 9.29.